The second kappa shape index (κ2) is 8.59. The Hall–Kier alpha value is -0.991. The van der Waals surface area contributed by atoms with Crippen LogP contribution in [-0.4, -0.2) is 32.0 Å². The van der Waals surface area contributed by atoms with E-state index < -0.39 is 0 Å². The van der Waals surface area contributed by atoms with E-state index in [2.05, 4.69) is 37.4 Å². The molecule has 1 atom stereocenters. The van der Waals surface area contributed by atoms with E-state index in [1.165, 1.54) is 35.8 Å². The van der Waals surface area contributed by atoms with Crippen molar-refractivity contribution in [2.24, 2.45) is 0 Å². The molecule has 0 amide bonds. The van der Waals surface area contributed by atoms with Crippen LogP contribution in [-0.2, 0) is 9.53 Å². The van der Waals surface area contributed by atoms with Gasteiger partial charge in [0, 0.05) is 0 Å². The molecule has 1 N–H and O–H groups in total. The summed E-state index contributed by atoms with van der Waals surface area (Å²) in [6, 6.07) is 8.33. The average Bonchev–Trinajstić information content (AvgIpc) is 2.81. The molecule has 0 fully saturated rings. The number of hydrogen-bond acceptors (Lipinski definition) is 3. The topological polar surface area (TPSA) is 38.3 Å². The van der Waals surface area contributed by atoms with Gasteiger partial charge in [-0.05, 0) is 0 Å². The molecule has 1 heterocycles. The van der Waals surface area contributed by atoms with Crippen LogP contribution in [0, 0.1) is 0 Å². The molecule has 0 spiro atoms. The SMILES string of the molecule is CCCCCCCCOC(=O)CC1(C)Nc2ccccc2[Se]1. The van der Waals surface area contributed by atoms with E-state index in [0.717, 1.165) is 12.8 Å². The number of fused-ring (bicyclic) bond motifs is 1. The molecule has 1 aliphatic rings. The fraction of sp³-hybridized carbons (Fsp3) is 0.611. The first-order valence-electron chi connectivity index (χ1n) is 8.35. The molecule has 4 heteroatoms. The fourth-order valence-corrected chi connectivity index (χ4v) is 5.23. The minimum absolute atomic E-state index is 0.0711. The van der Waals surface area contributed by atoms with Crippen molar-refractivity contribution in [1.82, 2.24) is 0 Å². The van der Waals surface area contributed by atoms with Crippen LogP contribution in [0.25, 0.3) is 0 Å². The zero-order valence-corrected chi connectivity index (χ0v) is 15.4. The average molecular weight is 368 g/mol. The predicted molar refractivity (Wildman–Crippen MR) is 92.8 cm³/mol. The molecule has 122 valence electrons. The zero-order valence-electron chi connectivity index (χ0n) is 13.7. The van der Waals surface area contributed by atoms with Gasteiger partial charge in [0.05, 0.1) is 0 Å². The number of rotatable bonds is 9. The van der Waals surface area contributed by atoms with Crippen LogP contribution < -0.4 is 9.78 Å². The van der Waals surface area contributed by atoms with E-state index in [9.17, 15) is 4.79 Å². The summed E-state index contributed by atoms with van der Waals surface area (Å²) >= 11 is 0.267. The number of hydrogen-bond donors (Lipinski definition) is 1. The molecule has 3 nitrogen and oxygen atoms in total. The van der Waals surface area contributed by atoms with Crippen molar-refractivity contribution in [2.45, 2.75) is 63.2 Å². The molecule has 0 aromatic heterocycles. The van der Waals surface area contributed by atoms with Crippen molar-refractivity contribution in [2.75, 3.05) is 11.9 Å². The summed E-state index contributed by atoms with van der Waals surface area (Å²) in [6.45, 7) is 4.92. The van der Waals surface area contributed by atoms with Crippen LogP contribution >= 0.6 is 0 Å². The zero-order chi connectivity index (χ0) is 15.8. The maximum absolute atomic E-state index is 12.0. The van der Waals surface area contributed by atoms with Gasteiger partial charge in [0.25, 0.3) is 0 Å². The van der Waals surface area contributed by atoms with Gasteiger partial charge in [-0.2, -0.15) is 0 Å². The van der Waals surface area contributed by atoms with Gasteiger partial charge in [-0.3, -0.25) is 0 Å². The number of para-hydroxylation sites is 1. The van der Waals surface area contributed by atoms with Crippen LogP contribution in [0.3, 0.4) is 0 Å². The van der Waals surface area contributed by atoms with Crippen molar-refractivity contribution in [3.8, 4) is 0 Å². The van der Waals surface area contributed by atoms with Gasteiger partial charge in [-0.15, -0.1) is 0 Å². The summed E-state index contributed by atoms with van der Waals surface area (Å²) < 4.78 is 6.61. The Balaban J connectivity index is 1.64. The van der Waals surface area contributed by atoms with Crippen LogP contribution in [0.5, 0.6) is 0 Å². The van der Waals surface area contributed by atoms with Gasteiger partial charge in [-0.1, -0.05) is 0 Å². The summed E-state index contributed by atoms with van der Waals surface area (Å²) in [7, 11) is 0. The van der Waals surface area contributed by atoms with Crippen molar-refractivity contribution in [1.29, 1.82) is 0 Å². The molecule has 0 bridgehead atoms. The van der Waals surface area contributed by atoms with Gasteiger partial charge in [-0.25, -0.2) is 0 Å². The number of unbranched alkanes of at least 4 members (excludes halogenated alkanes) is 5. The van der Waals surface area contributed by atoms with Crippen LogP contribution in [0.1, 0.15) is 58.8 Å². The summed E-state index contributed by atoms with van der Waals surface area (Å²) in [5.41, 5.74) is 1.17. The standard InChI is InChI=1S/C18H27NO2Se/c1-3-4-5-6-7-10-13-21-17(20)14-18(2)19-15-11-8-9-12-16(15)22-18/h8-9,11-12,19H,3-7,10,13-14H2,1-2H3. The van der Waals surface area contributed by atoms with E-state index in [-0.39, 0.29) is 25.4 Å². The van der Waals surface area contributed by atoms with Crippen LogP contribution in [0.2, 0.25) is 0 Å². The van der Waals surface area contributed by atoms with E-state index in [1.807, 2.05) is 6.07 Å². The van der Waals surface area contributed by atoms with E-state index in [0.29, 0.717) is 13.0 Å². The molecule has 1 aromatic carbocycles. The van der Waals surface area contributed by atoms with E-state index in [4.69, 9.17) is 4.74 Å². The Morgan fingerprint density at radius 3 is 2.68 bits per heavy atom. The van der Waals surface area contributed by atoms with Gasteiger partial charge in [0.1, 0.15) is 0 Å². The summed E-state index contributed by atoms with van der Waals surface area (Å²) in [6.07, 6.45) is 7.74. The second-order valence-corrected chi connectivity index (χ2v) is 9.36. The molecular weight excluding hydrogens is 341 g/mol. The first-order chi connectivity index (χ1) is 10.6. The van der Waals surface area contributed by atoms with E-state index >= 15 is 0 Å². The number of benzene rings is 1. The van der Waals surface area contributed by atoms with Gasteiger partial charge < -0.3 is 0 Å². The van der Waals surface area contributed by atoms with Gasteiger partial charge in [0.15, 0.2) is 0 Å². The predicted octanol–water partition coefficient (Wildman–Crippen LogP) is 3.45. The molecule has 0 radical (unpaired) electrons. The van der Waals surface area contributed by atoms with Crippen LogP contribution in [0.4, 0.5) is 5.69 Å². The monoisotopic (exact) mass is 369 g/mol. The summed E-state index contributed by atoms with van der Waals surface area (Å²) in [5.74, 6) is -0.0711. The number of esters is 1. The molecule has 0 saturated heterocycles. The Kier molecular flexibility index (Phi) is 6.78. The van der Waals surface area contributed by atoms with Crippen molar-refractivity contribution < 1.29 is 9.53 Å². The number of anilines is 1. The Morgan fingerprint density at radius 1 is 1.18 bits per heavy atom. The number of nitrogens with one attached hydrogen (secondary N) is 1. The first-order valence-corrected chi connectivity index (χ1v) is 10.1. The normalized spacial score (nSPS) is 19.5. The third-order valence-electron chi connectivity index (χ3n) is 3.86. The third-order valence-corrected chi connectivity index (χ3v) is 6.53. The molecule has 1 aromatic rings. The van der Waals surface area contributed by atoms with Crippen molar-refractivity contribution in [3.63, 3.8) is 0 Å². The Labute approximate surface area is 140 Å². The molecule has 2 rings (SSSR count). The molecule has 0 saturated carbocycles. The maximum atomic E-state index is 12.0. The molecular formula is C18H27NO2Se. The minimum atomic E-state index is -0.144. The van der Waals surface area contributed by atoms with Crippen molar-refractivity contribution >= 4 is 31.1 Å². The summed E-state index contributed by atoms with van der Waals surface area (Å²) in [5, 5.41) is 3.49. The number of ether oxygens (including phenoxy) is 1. The number of carbonyl (C=O) groups is 1. The van der Waals surface area contributed by atoms with Crippen LogP contribution in [0.15, 0.2) is 24.3 Å². The fourth-order valence-electron chi connectivity index (χ4n) is 2.69. The van der Waals surface area contributed by atoms with E-state index in [1.54, 1.807) is 0 Å². The molecule has 0 aliphatic carbocycles. The summed E-state index contributed by atoms with van der Waals surface area (Å²) in [4.78, 5) is 12.0. The second-order valence-electron chi connectivity index (χ2n) is 6.12. The van der Waals surface area contributed by atoms with Gasteiger partial charge in [0.2, 0.25) is 0 Å². The first kappa shape index (κ1) is 17.4. The Morgan fingerprint density at radius 2 is 1.91 bits per heavy atom. The molecule has 1 aliphatic heterocycles. The molecule has 22 heavy (non-hydrogen) atoms. The van der Waals surface area contributed by atoms with Crippen molar-refractivity contribution in [3.05, 3.63) is 24.3 Å². The third kappa shape index (κ3) is 5.33. The number of carbonyl (C=O) groups excluding carboxylic acids is 1. The van der Waals surface area contributed by atoms with Gasteiger partial charge >= 0.3 is 140 Å². The quantitative estimate of drug-likeness (QED) is 0.412. The molecule has 1 unspecified atom stereocenters. The Bertz CT molecular complexity index is 465.